The summed E-state index contributed by atoms with van der Waals surface area (Å²) < 4.78 is 4.97. The number of nitrogens with one attached hydrogen (secondary N) is 1. The fraction of sp³-hybridized carbons (Fsp3) is 0.636. The smallest absolute Gasteiger partial charge is 0.240 e. The number of aromatic nitrogens is 2. The van der Waals surface area contributed by atoms with E-state index < -0.39 is 0 Å². The second kappa shape index (κ2) is 7.17. The Bertz CT molecular complexity index is 283. The Morgan fingerprint density at radius 2 is 2.27 bits per heavy atom. The van der Waals surface area contributed by atoms with Crippen molar-refractivity contribution in [2.24, 2.45) is 0 Å². The van der Waals surface area contributed by atoms with E-state index in [1.807, 2.05) is 13.0 Å². The van der Waals surface area contributed by atoms with Crippen LogP contribution >= 0.6 is 0 Å². The van der Waals surface area contributed by atoms with Gasteiger partial charge in [0.05, 0.1) is 6.54 Å². The van der Waals surface area contributed by atoms with Gasteiger partial charge in [0, 0.05) is 0 Å². The van der Waals surface area contributed by atoms with Gasteiger partial charge in [-0.2, -0.15) is 4.98 Å². The van der Waals surface area contributed by atoms with Crippen molar-refractivity contribution in [2.75, 3.05) is 6.54 Å². The van der Waals surface area contributed by atoms with E-state index in [9.17, 15) is 0 Å². The van der Waals surface area contributed by atoms with Gasteiger partial charge in [-0.3, -0.25) is 0 Å². The van der Waals surface area contributed by atoms with Crippen molar-refractivity contribution in [3.8, 4) is 0 Å². The molecule has 0 fully saturated rings. The summed E-state index contributed by atoms with van der Waals surface area (Å²) in [4.78, 5) is 4.10. The molecule has 1 heterocycles. The maximum atomic E-state index is 4.97. The van der Waals surface area contributed by atoms with Crippen LogP contribution in [0.2, 0.25) is 0 Å². The highest BCUT2D eigenvalue weighted by Crippen LogP contribution is 1.99. The van der Waals surface area contributed by atoms with Crippen LogP contribution in [0.4, 0.5) is 0 Å². The molecule has 1 aromatic heterocycles. The first-order valence-electron chi connectivity index (χ1n) is 5.43. The predicted octanol–water partition coefficient (Wildman–Crippen LogP) is 2.21. The lowest BCUT2D eigenvalue weighted by Gasteiger charge is -2.00. The van der Waals surface area contributed by atoms with Gasteiger partial charge in [-0.25, -0.2) is 0 Å². The molecule has 0 aliphatic heterocycles. The second-order valence-electron chi connectivity index (χ2n) is 3.55. The number of hydrogen-bond acceptors (Lipinski definition) is 4. The van der Waals surface area contributed by atoms with E-state index >= 15 is 0 Å². The SMILES string of the molecule is C=CCCCCCNCc1nc(C)no1. The van der Waals surface area contributed by atoms with E-state index in [-0.39, 0.29) is 0 Å². The number of allylic oxidation sites excluding steroid dienone is 1. The average Bonchev–Trinajstić information content (AvgIpc) is 2.63. The highest BCUT2D eigenvalue weighted by molar-refractivity contribution is 4.81. The number of rotatable bonds is 8. The first kappa shape index (κ1) is 11.9. The van der Waals surface area contributed by atoms with Gasteiger partial charge in [0.2, 0.25) is 5.89 Å². The van der Waals surface area contributed by atoms with Crippen molar-refractivity contribution in [1.82, 2.24) is 15.5 Å². The van der Waals surface area contributed by atoms with E-state index in [1.165, 1.54) is 19.3 Å². The van der Waals surface area contributed by atoms with Crippen LogP contribution in [-0.4, -0.2) is 16.7 Å². The van der Waals surface area contributed by atoms with Crippen LogP contribution in [0.3, 0.4) is 0 Å². The van der Waals surface area contributed by atoms with E-state index in [0.29, 0.717) is 18.3 Å². The van der Waals surface area contributed by atoms with Gasteiger partial charge < -0.3 is 9.84 Å². The zero-order chi connectivity index (χ0) is 10.9. The monoisotopic (exact) mass is 209 g/mol. The highest BCUT2D eigenvalue weighted by atomic mass is 16.5. The minimum atomic E-state index is 0.665. The largest absolute Gasteiger partial charge is 0.338 e. The quantitative estimate of drug-likeness (QED) is 0.527. The van der Waals surface area contributed by atoms with Gasteiger partial charge in [-0.1, -0.05) is 17.7 Å². The van der Waals surface area contributed by atoms with Crippen LogP contribution < -0.4 is 5.32 Å². The van der Waals surface area contributed by atoms with E-state index in [2.05, 4.69) is 22.0 Å². The number of aryl methyl sites for hydroxylation is 1. The normalized spacial score (nSPS) is 10.5. The summed E-state index contributed by atoms with van der Waals surface area (Å²) in [6.45, 7) is 7.18. The van der Waals surface area contributed by atoms with Gasteiger partial charge in [0.1, 0.15) is 0 Å². The van der Waals surface area contributed by atoms with Crippen LogP contribution in [0.25, 0.3) is 0 Å². The Labute approximate surface area is 90.8 Å². The molecule has 0 aromatic carbocycles. The molecule has 4 nitrogen and oxygen atoms in total. The molecule has 0 amide bonds. The first-order chi connectivity index (χ1) is 7.33. The standard InChI is InChI=1S/C11H19N3O/c1-3-4-5-6-7-8-12-9-11-13-10(2)14-15-11/h3,12H,1,4-9H2,2H3. The maximum Gasteiger partial charge on any atom is 0.240 e. The van der Waals surface area contributed by atoms with Crippen molar-refractivity contribution in [3.05, 3.63) is 24.4 Å². The minimum Gasteiger partial charge on any atom is -0.338 e. The Morgan fingerprint density at radius 1 is 1.40 bits per heavy atom. The van der Waals surface area contributed by atoms with Crippen LogP contribution in [0.15, 0.2) is 17.2 Å². The maximum absolute atomic E-state index is 4.97. The lowest BCUT2D eigenvalue weighted by Crippen LogP contribution is -2.14. The first-order valence-corrected chi connectivity index (χ1v) is 5.43. The van der Waals surface area contributed by atoms with Crippen LogP contribution in [-0.2, 0) is 6.54 Å². The molecule has 0 aliphatic carbocycles. The van der Waals surface area contributed by atoms with Gasteiger partial charge in [0.25, 0.3) is 0 Å². The molecule has 0 saturated carbocycles. The lowest BCUT2D eigenvalue weighted by atomic mass is 10.2. The fourth-order valence-electron chi connectivity index (χ4n) is 1.32. The average molecular weight is 209 g/mol. The van der Waals surface area contributed by atoms with E-state index in [0.717, 1.165) is 13.0 Å². The zero-order valence-electron chi connectivity index (χ0n) is 9.33. The molecular formula is C11H19N3O. The minimum absolute atomic E-state index is 0.665. The molecule has 1 rings (SSSR count). The Kier molecular flexibility index (Phi) is 5.70. The Morgan fingerprint density at radius 3 is 2.93 bits per heavy atom. The van der Waals surface area contributed by atoms with Crippen LogP contribution in [0.1, 0.15) is 37.4 Å². The van der Waals surface area contributed by atoms with Gasteiger partial charge in [-0.05, 0) is 32.7 Å². The molecule has 1 aromatic rings. The zero-order valence-corrected chi connectivity index (χ0v) is 9.33. The van der Waals surface area contributed by atoms with Gasteiger partial charge in [-0.15, -0.1) is 6.58 Å². The molecule has 0 spiro atoms. The third-order valence-electron chi connectivity index (χ3n) is 2.11. The lowest BCUT2D eigenvalue weighted by molar-refractivity contribution is 0.363. The molecule has 0 saturated heterocycles. The number of unbranched alkanes of at least 4 members (excludes halogenated alkanes) is 3. The highest BCUT2D eigenvalue weighted by Gasteiger charge is 2.00. The van der Waals surface area contributed by atoms with Crippen LogP contribution in [0.5, 0.6) is 0 Å². The Balaban J connectivity index is 1.95. The third-order valence-corrected chi connectivity index (χ3v) is 2.11. The van der Waals surface area contributed by atoms with Crippen molar-refractivity contribution in [1.29, 1.82) is 0 Å². The van der Waals surface area contributed by atoms with E-state index in [4.69, 9.17) is 4.52 Å². The molecule has 1 N–H and O–H groups in total. The summed E-state index contributed by atoms with van der Waals surface area (Å²) in [6, 6.07) is 0. The molecule has 0 aliphatic rings. The summed E-state index contributed by atoms with van der Waals surface area (Å²) in [5.74, 6) is 1.36. The van der Waals surface area contributed by atoms with Crippen molar-refractivity contribution in [3.63, 3.8) is 0 Å². The molecule has 0 atom stereocenters. The topological polar surface area (TPSA) is 51.0 Å². The molecular weight excluding hydrogens is 190 g/mol. The van der Waals surface area contributed by atoms with Gasteiger partial charge >= 0.3 is 0 Å². The van der Waals surface area contributed by atoms with Crippen molar-refractivity contribution >= 4 is 0 Å². The van der Waals surface area contributed by atoms with Crippen molar-refractivity contribution in [2.45, 2.75) is 39.2 Å². The predicted molar refractivity (Wildman–Crippen MR) is 59.4 cm³/mol. The number of hydrogen-bond donors (Lipinski definition) is 1. The van der Waals surface area contributed by atoms with Gasteiger partial charge in [0.15, 0.2) is 5.82 Å². The summed E-state index contributed by atoms with van der Waals surface area (Å²) in [5, 5.41) is 6.99. The molecule has 0 radical (unpaired) electrons. The molecule has 0 bridgehead atoms. The summed E-state index contributed by atoms with van der Waals surface area (Å²) in [7, 11) is 0. The fourth-order valence-corrected chi connectivity index (χ4v) is 1.32. The molecule has 4 heteroatoms. The van der Waals surface area contributed by atoms with Crippen molar-refractivity contribution < 1.29 is 4.52 Å². The number of nitrogens with zero attached hydrogens (tertiary/aromatic N) is 2. The molecule has 15 heavy (non-hydrogen) atoms. The Hall–Kier alpha value is -1.16. The third kappa shape index (κ3) is 5.32. The summed E-state index contributed by atoms with van der Waals surface area (Å²) in [5.41, 5.74) is 0. The summed E-state index contributed by atoms with van der Waals surface area (Å²) >= 11 is 0. The second-order valence-corrected chi connectivity index (χ2v) is 3.55. The molecule has 84 valence electrons. The summed E-state index contributed by atoms with van der Waals surface area (Å²) in [6.07, 6.45) is 6.73. The molecule has 0 unspecified atom stereocenters. The van der Waals surface area contributed by atoms with Crippen LogP contribution in [0, 0.1) is 6.92 Å². The van der Waals surface area contributed by atoms with E-state index in [1.54, 1.807) is 0 Å².